The van der Waals surface area contributed by atoms with Crippen LogP contribution in [-0.4, -0.2) is 47.7 Å². The molecule has 0 spiro atoms. The van der Waals surface area contributed by atoms with Crippen molar-refractivity contribution < 1.29 is 0 Å². The fourth-order valence-corrected chi connectivity index (χ4v) is 4.48. The maximum atomic E-state index is 4.45. The third-order valence-electron chi connectivity index (χ3n) is 5.12. The van der Waals surface area contributed by atoms with E-state index in [1.54, 1.807) is 6.33 Å². The average molecular weight is 370 g/mol. The fraction of sp³-hybridized carbons (Fsp3) is 0.500. The van der Waals surface area contributed by atoms with Gasteiger partial charge in [-0.05, 0) is 37.0 Å². The van der Waals surface area contributed by atoms with Gasteiger partial charge in [-0.25, -0.2) is 9.97 Å². The van der Waals surface area contributed by atoms with Crippen molar-refractivity contribution in [2.45, 2.75) is 25.8 Å². The van der Waals surface area contributed by atoms with E-state index in [0.29, 0.717) is 0 Å². The van der Waals surface area contributed by atoms with E-state index < -0.39 is 0 Å². The number of rotatable bonds is 5. The molecule has 0 aliphatic carbocycles. The minimum atomic E-state index is 0.784. The molecule has 5 nitrogen and oxygen atoms in total. The monoisotopic (exact) mass is 369 g/mol. The van der Waals surface area contributed by atoms with Crippen LogP contribution in [0.5, 0.6) is 0 Å². The summed E-state index contributed by atoms with van der Waals surface area (Å²) in [4.78, 5) is 13.7. The molecule has 0 saturated carbocycles. The normalized spacial score (nSPS) is 18.0. The predicted octanol–water partition coefficient (Wildman–Crippen LogP) is 3.63. The first kappa shape index (κ1) is 17.5. The highest BCUT2D eigenvalue weighted by atomic mass is 32.2. The first-order valence-corrected chi connectivity index (χ1v) is 10.8. The molecule has 4 rings (SSSR count). The van der Waals surface area contributed by atoms with Crippen LogP contribution >= 0.6 is 11.8 Å². The zero-order valence-corrected chi connectivity index (χ0v) is 16.0. The number of piperidine rings is 1. The summed E-state index contributed by atoms with van der Waals surface area (Å²) in [5, 5.41) is 3.44. The molecular formula is C20H27N5S. The minimum absolute atomic E-state index is 0.784. The standard InChI is InChI=1S/C20H27N5S/c1-2-8-25(9-3-1)20-14-19(22-16-23-20)21-15-17-4-6-18(7-5-17)24-10-12-26-13-11-24/h4-7,14,16H,1-3,8-13,15H2,(H,21,22,23). The van der Waals surface area contributed by atoms with E-state index in [1.807, 2.05) is 11.8 Å². The second kappa shape index (κ2) is 8.62. The Morgan fingerprint density at radius 3 is 2.42 bits per heavy atom. The Kier molecular flexibility index (Phi) is 5.79. The lowest BCUT2D eigenvalue weighted by atomic mass is 10.1. The van der Waals surface area contributed by atoms with Crippen molar-refractivity contribution in [3.8, 4) is 0 Å². The van der Waals surface area contributed by atoms with E-state index in [1.165, 1.54) is 42.0 Å². The Bertz CT molecular complexity index is 694. The minimum Gasteiger partial charge on any atom is -0.370 e. The average Bonchev–Trinajstić information content (AvgIpc) is 2.74. The maximum Gasteiger partial charge on any atom is 0.134 e. The molecule has 1 aromatic carbocycles. The Morgan fingerprint density at radius 2 is 1.65 bits per heavy atom. The summed E-state index contributed by atoms with van der Waals surface area (Å²) in [6, 6.07) is 11.0. The number of anilines is 3. The summed E-state index contributed by atoms with van der Waals surface area (Å²) in [7, 11) is 0. The predicted molar refractivity (Wildman–Crippen MR) is 111 cm³/mol. The van der Waals surface area contributed by atoms with E-state index >= 15 is 0 Å². The lowest BCUT2D eigenvalue weighted by Crippen LogP contribution is -2.32. The van der Waals surface area contributed by atoms with Crippen molar-refractivity contribution in [3.05, 3.63) is 42.2 Å². The van der Waals surface area contributed by atoms with E-state index in [0.717, 1.165) is 44.4 Å². The molecule has 2 saturated heterocycles. The molecule has 0 unspecified atom stereocenters. The van der Waals surface area contributed by atoms with E-state index in [4.69, 9.17) is 0 Å². The molecule has 3 heterocycles. The van der Waals surface area contributed by atoms with Crippen LogP contribution in [0.1, 0.15) is 24.8 Å². The van der Waals surface area contributed by atoms with Gasteiger partial charge in [0.15, 0.2) is 0 Å². The number of thioether (sulfide) groups is 1. The second-order valence-electron chi connectivity index (χ2n) is 6.93. The molecule has 0 amide bonds. The van der Waals surface area contributed by atoms with Gasteiger partial charge in [0, 0.05) is 56.0 Å². The highest BCUT2D eigenvalue weighted by Crippen LogP contribution is 2.21. The molecule has 1 aromatic heterocycles. The summed E-state index contributed by atoms with van der Waals surface area (Å²) in [5.74, 6) is 4.41. The third kappa shape index (κ3) is 4.41. The molecule has 2 aliphatic heterocycles. The van der Waals surface area contributed by atoms with Crippen molar-refractivity contribution in [3.63, 3.8) is 0 Å². The van der Waals surface area contributed by atoms with Crippen LogP contribution in [0.25, 0.3) is 0 Å². The van der Waals surface area contributed by atoms with Gasteiger partial charge in [0.05, 0.1) is 0 Å². The van der Waals surface area contributed by atoms with Crippen molar-refractivity contribution >= 4 is 29.1 Å². The van der Waals surface area contributed by atoms with Gasteiger partial charge in [-0.3, -0.25) is 0 Å². The number of nitrogens with zero attached hydrogens (tertiary/aromatic N) is 4. The molecule has 2 fully saturated rings. The van der Waals surface area contributed by atoms with Crippen molar-refractivity contribution in [2.24, 2.45) is 0 Å². The smallest absolute Gasteiger partial charge is 0.134 e. The summed E-state index contributed by atoms with van der Waals surface area (Å²) >= 11 is 2.05. The summed E-state index contributed by atoms with van der Waals surface area (Å²) in [6.07, 6.45) is 5.52. The van der Waals surface area contributed by atoms with Crippen LogP contribution in [0.2, 0.25) is 0 Å². The largest absolute Gasteiger partial charge is 0.370 e. The molecule has 0 radical (unpaired) electrons. The molecule has 6 heteroatoms. The first-order chi connectivity index (χ1) is 12.9. The van der Waals surface area contributed by atoms with Gasteiger partial charge in [0.1, 0.15) is 18.0 Å². The molecule has 0 atom stereocenters. The van der Waals surface area contributed by atoms with Gasteiger partial charge in [-0.1, -0.05) is 12.1 Å². The van der Waals surface area contributed by atoms with Crippen LogP contribution in [0.3, 0.4) is 0 Å². The second-order valence-corrected chi connectivity index (χ2v) is 8.15. The van der Waals surface area contributed by atoms with Crippen LogP contribution in [0, 0.1) is 0 Å². The van der Waals surface area contributed by atoms with Crippen LogP contribution < -0.4 is 15.1 Å². The van der Waals surface area contributed by atoms with E-state index in [9.17, 15) is 0 Å². The summed E-state index contributed by atoms with van der Waals surface area (Å²) in [6.45, 7) is 5.30. The van der Waals surface area contributed by atoms with Gasteiger partial charge in [0.25, 0.3) is 0 Å². The number of hydrogen-bond acceptors (Lipinski definition) is 6. The molecule has 2 aliphatic rings. The SMILES string of the molecule is c1nc(NCc2ccc(N3CCSCC3)cc2)cc(N2CCCCC2)n1. The number of nitrogens with one attached hydrogen (secondary N) is 1. The summed E-state index contributed by atoms with van der Waals surface area (Å²) in [5.41, 5.74) is 2.61. The maximum absolute atomic E-state index is 4.45. The van der Waals surface area contributed by atoms with Crippen molar-refractivity contribution in [1.82, 2.24) is 9.97 Å². The summed E-state index contributed by atoms with van der Waals surface area (Å²) < 4.78 is 0. The fourth-order valence-electron chi connectivity index (χ4n) is 3.58. The quantitative estimate of drug-likeness (QED) is 0.868. The Balaban J connectivity index is 1.34. The number of benzene rings is 1. The lowest BCUT2D eigenvalue weighted by Gasteiger charge is -2.28. The van der Waals surface area contributed by atoms with Crippen molar-refractivity contribution in [1.29, 1.82) is 0 Å². The van der Waals surface area contributed by atoms with Crippen LogP contribution in [0.15, 0.2) is 36.7 Å². The zero-order chi connectivity index (χ0) is 17.6. The molecule has 1 N–H and O–H groups in total. The Hall–Kier alpha value is -1.95. The Labute approximate surface area is 160 Å². The molecule has 26 heavy (non-hydrogen) atoms. The molecule has 0 bridgehead atoms. The number of hydrogen-bond donors (Lipinski definition) is 1. The van der Waals surface area contributed by atoms with Gasteiger partial charge in [0.2, 0.25) is 0 Å². The third-order valence-corrected chi connectivity index (χ3v) is 6.06. The highest BCUT2D eigenvalue weighted by Gasteiger charge is 2.13. The van der Waals surface area contributed by atoms with Gasteiger partial charge < -0.3 is 15.1 Å². The highest BCUT2D eigenvalue weighted by molar-refractivity contribution is 7.99. The first-order valence-electron chi connectivity index (χ1n) is 9.61. The van der Waals surface area contributed by atoms with Gasteiger partial charge >= 0.3 is 0 Å². The Morgan fingerprint density at radius 1 is 0.885 bits per heavy atom. The topological polar surface area (TPSA) is 44.3 Å². The van der Waals surface area contributed by atoms with Crippen LogP contribution in [-0.2, 0) is 6.54 Å². The zero-order valence-electron chi connectivity index (χ0n) is 15.2. The van der Waals surface area contributed by atoms with Gasteiger partial charge in [-0.2, -0.15) is 11.8 Å². The molecule has 138 valence electrons. The molecule has 2 aromatic rings. The molecular weight excluding hydrogens is 342 g/mol. The van der Waals surface area contributed by atoms with E-state index in [2.05, 4.69) is 55.4 Å². The van der Waals surface area contributed by atoms with Crippen LogP contribution in [0.4, 0.5) is 17.3 Å². The van der Waals surface area contributed by atoms with Gasteiger partial charge in [-0.15, -0.1) is 0 Å². The van der Waals surface area contributed by atoms with E-state index in [-0.39, 0.29) is 0 Å². The number of aromatic nitrogens is 2. The lowest BCUT2D eigenvalue weighted by molar-refractivity contribution is 0.573. The van der Waals surface area contributed by atoms with Crippen molar-refractivity contribution in [2.75, 3.05) is 52.8 Å².